The minimum Gasteiger partial charge on any atom is -0.328 e. The Balaban J connectivity index is 1.16. The number of hydrogen-bond acceptors (Lipinski definition) is 1. The molecule has 9 aromatic carbocycles. The highest BCUT2D eigenvalue weighted by molar-refractivity contribution is 6.44. The van der Waals surface area contributed by atoms with E-state index in [1.165, 1.54) is 15.6 Å². The number of benzene rings is 9. The normalized spacial score (nSPS) is 13.8. The van der Waals surface area contributed by atoms with E-state index in [1.807, 2.05) is 19.9 Å². The first-order chi connectivity index (χ1) is 39.5. The second-order valence-electron chi connectivity index (χ2n) is 24.3. The Kier molecular flexibility index (Phi) is 12.7. The number of rotatable bonds is 9. The lowest BCUT2D eigenvalue weighted by Gasteiger charge is -2.22. The van der Waals surface area contributed by atoms with Gasteiger partial charge in [-0.15, -0.1) is 0 Å². The molecule has 12 aromatic rings. The third kappa shape index (κ3) is 8.68. The smallest absolute Gasteiger partial charge is 0.328 e. The zero-order chi connectivity index (χ0) is 56.9. The van der Waals surface area contributed by atoms with Crippen molar-refractivity contribution in [3.8, 4) is 22.5 Å². The maximum Gasteiger partial charge on any atom is 0.677 e. The van der Waals surface area contributed by atoms with E-state index < -0.39 is 7.40 Å². The van der Waals surface area contributed by atoms with Crippen LogP contribution in [0.4, 0.5) is 8.63 Å². The molecule has 0 spiro atoms. The molecule has 0 N–H and O–H groups in total. The summed E-state index contributed by atoms with van der Waals surface area (Å²) >= 11 is 0. The van der Waals surface area contributed by atoms with E-state index in [1.54, 1.807) is 0 Å². The van der Waals surface area contributed by atoms with Crippen molar-refractivity contribution >= 4 is 73.4 Å². The molecule has 0 atom stereocenters. The van der Waals surface area contributed by atoms with E-state index in [4.69, 9.17) is 4.99 Å². The van der Waals surface area contributed by atoms with Gasteiger partial charge in [-0.05, 0) is 144 Å². The first kappa shape index (κ1) is 52.3. The Labute approximate surface area is 480 Å². The number of nitrogens with zero attached hydrogens (tertiary/aromatic N) is 4. The molecule has 82 heavy (non-hydrogen) atoms. The predicted octanol–water partition coefficient (Wildman–Crippen LogP) is 19.8. The van der Waals surface area contributed by atoms with Crippen LogP contribution in [0.25, 0.3) is 82.8 Å². The van der Waals surface area contributed by atoms with Crippen LogP contribution in [0.3, 0.4) is 0 Å². The van der Waals surface area contributed by atoms with Gasteiger partial charge in [0.15, 0.2) is 0 Å². The van der Waals surface area contributed by atoms with Gasteiger partial charge in [0.25, 0.3) is 0 Å². The molecule has 1 aliphatic rings. The Morgan fingerprint density at radius 1 is 0.439 bits per heavy atom. The highest BCUT2D eigenvalue weighted by Gasteiger charge is 2.37. The molecule has 0 saturated carbocycles. The van der Waals surface area contributed by atoms with Crippen LogP contribution in [-0.4, -0.2) is 26.7 Å². The van der Waals surface area contributed by atoms with Gasteiger partial charge in [-0.25, -0.2) is 4.99 Å². The van der Waals surface area contributed by atoms with E-state index in [0.717, 1.165) is 122 Å². The molecule has 0 fully saturated rings. The van der Waals surface area contributed by atoms with Gasteiger partial charge in [0.05, 0.1) is 33.5 Å². The average Bonchev–Trinajstić information content (AvgIpc) is 4.29. The molecule has 13 rings (SSSR count). The van der Waals surface area contributed by atoms with Gasteiger partial charge in [0.1, 0.15) is 0 Å². The fourth-order valence-electron chi connectivity index (χ4n) is 12.9. The lowest BCUT2D eigenvalue weighted by atomic mass is 9.82. The van der Waals surface area contributed by atoms with E-state index in [2.05, 4.69) is 271 Å². The topological polar surface area (TPSA) is 27.1 Å². The SMILES string of the molecule is Cc1ccc(/C(=C2/N=C(c3ccc(C(C)(C)C)cc3)C(c3ccc4c(c3)c3ccccc3n4-c3ccccc3)=C2c2ccc(C(C)(C)C)cc2)c2c(C)c(-c3ccc4c(c3)c3ccccc3n4-c3ccccc3)c(C)n2B(F)F)c(C)c1. The van der Waals surface area contributed by atoms with Crippen LogP contribution in [0.5, 0.6) is 0 Å². The molecular formula is C75H65BF2N4. The molecule has 4 nitrogen and oxygen atoms in total. The van der Waals surface area contributed by atoms with Crippen molar-refractivity contribution in [2.75, 3.05) is 0 Å². The number of allylic oxidation sites excluding steroid dienone is 2. The van der Waals surface area contributed by atoms with E-state index in [9.17, 15) is 0 Å². The van der Waals surface area contributed by atoms with Gasteiger partial charge in [-0.1, -0.05) is 199 Å². The van der Waals surface area contributed by atoms with E-state index >= 15 is 8.63 Å². The molecule has 4 heterocycles. The fraction of sp³-hybridized carbons (Fsp3) is 0.160. The van der Waals surface area contributed by atoms with Crippen LogP contribution in [0.15, 0.2) is 223 Å². The number of halogens is 2. The highest BCUT2D eigenvalue weighted by atomic mass is 19.2. The number of fused-ring (bicyclic) bond motifs is 6. The van der Waals surface area contributed by atoms with Crippen molar-refractivity contribution in [3.63, 3.8) is 0 Å². The zero-order valence-electron chi connectivity index (χ0n) is 48.3. The number of aliphatic imine (C=N–C) groups is 1. The first-order valence-corrected chi connectivity index (χ1v) is 28.5. The van der Waals surface area contributed by atoms with Gasteiger partial charge in [0.2, 0.25) is 0 Å². The van der Waals surface area contributed by atoms with Gasteiger partial charge < -0.3 is 13.6 Å². The standard InChI is InChI=1S/C75H65BF2N4/c1-46-29-40-58(47(2)43-46)70(73-48(3)67(49(4)82(73)76(77)78)52-34-41-65-61(44-52)59-25-17-19-27-63(59)80(65)56-21-13-11-14-22-56)72-68(50-30-36-54(37-31-50)74(5,6)7)69(71(79-72)51-32-38-55(39-33-51)75(8,9)10)53-35-42-66-62(45-53)60-26-18-20-28-64(60)81(66)57-23-15-12-16-24-57/h11-45H,1-10H3/b72-70-. The Morgan fingerprint density at radius 2 is 0.902 bits per heavy atom. The molecule has 0 unspecified atom stereocenters. The van der Waals surface area contributed by atoms with Crippen molar-refractivity contribution < 1.29 is 8.63 Å². The summed E-state index contributed by atoms with van der Waals surface area (Å²) in [5, 5.41) is 4.38. The number of para-hydroxylation sites is 4. The van der Waals surface area contributed by atoms with E-state index in [0.29, 0.717) is 22.7 Å². The molecule has 1 aliphatic heterocycles. The molecule has 0 saturated heterocycles. The summed E-state index contributed by atoms with van der Waals surface area (Å²) in [7, 11) is -2.88. The average molecular weight is 1070 g/mol. The Morgan fingerprint density at radius 3 is 1.41 bits per heavy atom. The van der Waals surface area contributed by atoms with E-state index in [-0.39, 0.29) is 10.8 Å². The summed E-state index contributed by atoms with van der Waals surface area (Å²) in [6.45, 7) is 21.5. The predicted molar refractivity (Wildman–Crippen MR) is 343 cm³/mol. The second kappa shape index (κ2) is 19.9. The van der Waals surface area contributed by atoms with Gasteiger partial charge in [-0.3, -0.25) is 8.63 Å². The summed E-state index contributed by atoms with van der Waals surface area (Å²) in [6.07, 6.45) is 0. The molecule has 0 aliphatic carbocycles. The third-order valence-electron chi connectivity index (χ3n) is 17.0. The minimum absolute atomic E-state index is 0.0921. The quantitative estimate of drug-likeness (QED) is 0.129. The van der Waals surface area contributed by atoms with Crippen LogP contribution in [0, 0.1) is 27.7 Å². The molecular weight excluding hydrogens is 1010 g/mol. The minimum atomic E-state index is -2.88. The summed E-state index contributed by atoms with van der Waals surface area (Å²) in [5.74, 6) is 0. The maximum atomic E-state index is 16.9. The summed E-state index contributed by atoms with van der Waals surface area (Å²) in [6, 6.07) is 75.3. The van der Waals surface area contributed by atoms with Crippen LogP contribution in [0.2, 0.25) is 0 Å². The molecule has 3 aromatic heterocycles. The first-order valence-electron chi connectivity index (χ1n) is 28.5. The molecule has 0 amide bonds. The second-order valence-corrected chi connectivity index (χ2v) is 24.3. The largest absolute Gasteiger partial charge is 0.677 e. The van der Waals surface area contributed by atoms with Crippen LogP contribution >= 0.6 is 0 Å². The lowest BCUT2D eigenvalue weighted by Crippen LogP contribution is -2.19. The van der Waals surface area contributed by atoms with Crippen molar-refractivity contribution in [3.05, 3.63) is 279 Å². The summed E-state index contributed by atoms with van der Waals surface area (Å²) in [4.78, 5) is 5.96. The van der Waals surface area contributed by atoms with Crippen LogP contribution < -0.4 is 0 Å². The molecule has 7 heteroatoms. The molecule has 0 bridgehead atoms. The Hall–Kier alpha value is -9.07. The Bertz CT molecular complexity index is 4610. The number of hydrogen-bond donors (Lipinski definition) is 0. The number of aromatic nitrogens is 3. The van der Waals surface area contributed by atoms with Crippen molar-refractivity contribution in [2.24, 2.45) is 4.99 Å². The van der Waals surface area contributed by atoms with Crippen LogP contribution in [-0.2, 0) is 10.8 Å². The highest BCUT2D eigenvalue weighted by Crippen LogP contribution is 2.50. The summed E-state index contributed by atoms with van der Waals surface area (Å²) in [5.41, 5.74) is 21.6. The van der Waals surface area contributed by atoms with Gasteiger partial charge >= 0.3 is 7.40 Å². The van der Waals surface area contributed by atoms with Gasteiger partial charge in [-0.2, -0.15) is 0 Å². The number of aryl methyl sites for hydroxylation is 2. The third-order valence-corrected chi connectivity index (χ3v) is 17.0. The van der Waals surface area contributed by atoms with Gasteiger partial charge in [0, 0.05) is 72.2 Å². The monoisotopic (exact) mass is 1070 g/mol. The summed E-state index contributed by atoms with van der Waals surface area (Å²) < 4.78 is 39.6. The van der Waals surface area contributed by atoms with Crippen molar-refractivity contribution in [1.29, 1.82) is 0 Å². The lowest BCUT2D eigenvalue weighted by molar-refractivity contribution is 0.590. The fourth-order valence-corrected chi connectivity index (χ4v) is 12.9. The maximum absolute atomic E-state index is 16.9. The molecule has 0 radical (unpaired) electrons. The van der Waals surface area contributed by atoms with Crippen molar-refractivity contribution in [1.82, 2.24) is 13.6 Å². The zero-order valence-corrected chi connectivity index (χ0v) is 48.3. The molecule has 402 valence electrons. The van der Waals surface area contributed by atoms with Crippen LogP contribution in [0.1, 0.15) is 103 Å². The van der Waals surface area contributed by atoms with Crippen molar-refractivity contribution in [2.45, 2.75) is 80.1 Å².